The number of hydrogen-bond acceptors (Lipinski definition) is 9. The van der Waals surface area contributed by atoms with Crippen molar-refractivity contribution in [3.05, 3.63) is 52.8 Å². The number of fused-ring (bicyclic) bond motifs is 1. The van der Waals surface area contributed by atoms with Gasteiger partial charge in [0.25, 0.3) is 5.91 Å². The summed E-state index contributed by atoms with van der Waals surface area (Å²) in [6.45, 7) is 3.73. The van der Waals surface area contributed by atoms with Gasteiger partial charge in [-0.3, -0.25) is 15.1 Å². The van der Waals surface area contributed by atoms with Gasteiger partial charge in [-0.25, -0.2) is 15.0 Å². The number of anilines is 1. The van der Waals surface area contributed by atoms with Gasteiger partial charge in [-0.05, 0) is 32.0 Å². The Hall–Kier alpha value is -3.21. The third-order valence-corrected chi connectivity index (χ3v) is 6.53. The summed E-state index contributed by atoms with van der Waals surface area (Å²) < 4.78 is 5.44. The van der Waals surface area contributed by atoms with Crippen LogP contribution >= 0.6 is 22.9 Å². The standard InChI is InChI=1S/C22H20ClN7O2S/c1-11-5-13(14-6-18(23)26-10-17(14)32-2)15(8-25-11)20(31)30-22-29-19-21(33-22)28-16(9-27-19)12-3-4-24-7-12/h5-6,8-10,12,24H,3-4,7H2,1-2H3,(H,27,29,30,31). The van der Waals surface area contributed by atoms with Gasteiger partial charge in [0.05, 0.1) is 30.8 Å². The Balaban J connectivity index is 1.47. The van der Waals surface area contributed by atoms with Crippen molar-refractivity contribution in [1.29, 1.82) is 0 Å². The summed E-state index contributed by atoms with van der Waals surface area (Å²) in [4.78, 5) is 35.9. The number of aryl methyl sites for hydroxylation is 1. The molecule has 168 valence electrons. The molecule has 0 aromatic carbocycles. The van der Waals surface area contributed by atoms with Crippen molar-refractivity contribution in [1.82, 2.24) is 30.2 Å². The van der Waals surface area contributed by atoms with Crippen molar-refractivity contribution >= 4 is 44.5 Å². The summed E-state index contributed by atoms with van der Waals surface area (Å²) in [6.07, 6.45) is 5.86. The van der Waals surface area contributed by atoms with E-state index in [9.17, 15) is 4.79 Å². The highest BCUT2D eigenvalue weighted by Crippen LogP contribution is 2.34. The van der Waals surface area contributed by atoms with Crippen molar-refractivity contribution in [2.24, 2.45) is 0 Å². The Bertz CT molecular complexity index is 1350. The van der Waals surface area contributed by atoms with Crippen LogP contribution in [0, 0.1) is 6.92 Å². The first-order valence-electron chi connectivity index (χ1n) is 10.3. The van der Waals surface area contributed by atoms with Crippen LogP contribution in [0.3, 0.4) is 0 Å². The molecular formula is C22H20ClN7O2S. The molecule has 5 rings (SSSR count). The molecule has 1 fully saturated rings. The molecule has 5 heterocycles. The maximum Gasteiger partial charge on any atom is 0.259 e. The topological polar surface area (TPSA) is 115 Å². The predicted molar refractivity (Wildman–Crippen MR) is 127 cm³/mol. The van der Waals surface area contributed by atoms with E-state index < -0.39 is 0 Å². The number of nitrogens with zero attached hydrogens (tertiary/aromatic N) is 5. The van der Waals surface area contributed by atoms with Gasteiger partial charge in [0.1, 0.15) is 10.9 Å². The lowest BCUT2D eigenvalue weighted by Gasteiger charge is -2.13. The van der Waals surface area contributed by atoms with Crippen LogP contribution in [0.4, 0.5) is 5.13 Å². The molecule has 1 atom stereocenters. The number of nitrogens with one attached hydrogen (secondary N) is 2. The van der Waals surface area contributed by atoms with Crippen LogP contribution in [0.1, 0.15) is 34.1 Å². The molecule has 11 heteroatoms. The van der Waals surface area contributed by atoms with Gasteiger partial charge in [-0.1, -0.05) is 22.9 Å². The van der Waals surface area contributed by atoms with Crippen LogP contribution in [0.15, 0.2) is 30.7 Å². The first-order chi connectivity index (χ1) is 16.0. The zero-order valence-electron chi connectivity index (χ0n) is 17.9. The number of ether oxygens (including phenoxy) is 1. The van der Waals surface area contributed by atoms with E-state index >= 15 is 0 Å². The van der Waals surface area contributed by atoms with E-state index in [1.165, 1.54) is 23.7 Å². The van der Waals surface area contributed by atoms with Crippen molar-refractivity contribution in [3.8, 4) is 16.9 Å². The normalized spacial score (nSPS) is 15.7. The van der Waals surface area contributed by atoms with Crippen LogP contribution in [0.5, 0.6) is 5.75 Å². The van der Waals surface area contributed by atoms with Gasteiger partial charge in [-0.2, -0.15) is 4.98 Å². The molecule has 0 aliphatic carbocycles. The second-order valence-electron chi connectivity index (χ2n) is 7.67. The van der Waals surface area contributed by atoms with Crippen molar-refractivity contribution in [2.45, 2.75) is 19.3 Å². The van der Waals surface area contributed by atoms with Crippen LogP contribution < -0.4 is 15.4 Å². The summed E-state index contributed by atoms with van der Waals surface area (Å²) in [5.74, 6) is 0.499. The molecule has 1 unspecified atom stereocenters. The van der Waals surface area contributed by atoms with Crippen molar-refractivity contribution in [2.75, 3.05) is 25.5 Å². The fraction of sp³-hybridized carbons (Fsp3) is 0.273. The highest BCUT2D eigenvalue weighted by atomic mass is 35.5. The Morgan fingerprint density at radius 1 is 1.18 bits per heavy atom. The number of methoxy groups -OCH3 is 1. The minimum absolute atomic E-state index is 0.295. The molecule has 0 saturated carbocycles. The maximum absolute atomic E-state index is 13.2. The number of halogens is 1. The van der Waals surface area contributed by atoms with E-state index in [0.717, 1.165) is 30.9 Å². The lowest BCUT2D eigenvalue weighted by molar-refractivity contribution is 0.102. The van der Waals surface area contributed by atoms with Crippen molar-refractivity contribution < 1.29 is 9.53 Å². The van der Waals surface area contributed by atoms with Crippen LogP contribution in [0.2, 0.25) is 5.15 Å². The van der Waals surface area contributed by atoms with Gasteiger partial charge in [0, 0.05) is 35.5 Å². The summed E-state index contributed by atoms with van der Waals surface area (Å²) in [5, 5.41) is 6.92. The van der Waals surface area contributed by atoms with Crippen LogP contribution in [0.25, 0.3) is 21.6 Å². The molecule has 0 bridgehead atoms. The zero-order chi connectivity index (χ0) is 22.9. The first kappa shape index (κ1) is 21.6. The third-order valence-electron chi connectivity index (χ3n) is 5.47. The number of carbonyl (C=O) groups is 1. The highest BCUT2D eigenvalue weighted by molar-refractivity contribution is 7.21. The molecule has 1 saturated heterocycles. The second kappa shape index (κ2) is 8.97. The molecule has 2 N–H and O–H groups in total. The number of amides is 1. The SMILES string of the molecule is COc1cnc(Cl)cc1-c1cc(C)ncc1C(=O)Nc1nc2ncc(C3CCNC3)nc2s1. The summed E-state index contributed by atoms with van der Waals surface area (Å²) >= 11 is 7.42. The minimum Gasteiger partial charge on any atom is -0.494 e. The summed E-state index contributed by atoms with van der Waals surface area (Å²) in [6, 6.07) is 3.48. The Morgan fingerprint density at radius 2 is 2.06 bits per heavy atom. The number of carbonyl (C=O) groups excluding carboxylic acids is 1. The smallest absolute Gasteiger partial charge is 0.259 e. The predicted octanol–water partition coefficient (Wildman–Crippen LogP) is 3.84. The highest BCUT2D eigenvalue weighted by Gasteiger charge is 2.21. The van der Waals surface area contributed by atoms with Gasteiger partial charge in [0.2, 0.25) is 0 Å². The van der Waals surface area contributed by atoms with Gasteiger partial charge in [-0.15, -0.1) is 0 Å². The molecule has 4 aromatic rings. The van der Waals surface area contributed by atoms with Gasteiger partial charge >= 0.3 is 0 Å². The van der Waals surface area contributed by atoms with E-state index in [4.69, 9.17) is 21.3 Å². The molecule has 1 aliphatic rings. The van der Waals surface area contributed by atoms with Crippen LogP contribution in [-0.4, -0.2) is 51.0 Å². The number of thiazole rings is 1. The number of hydrogen-bond donors (Lipinski definition) is 2. The fourth-order valence-corrected chi connectivity index (χ4v) is 4.77. The van der Waals surface area contributed by atoms with E-state index in [2.05, 4.69) is 30.6 Å². The molecule has 0 radical (unpaired) electrons. The van der Waals surface area contributed by atoms with E-state index in [1.807, 2.05) is 13.0 Å². The maximum atomic E-state index is 13.2. The average Bonchev–Trinajstić information content (AvgIpc) is 3.48. The van der Waals surface area contributed by atoms with Crippen LogP contribution in [-0.2, 0) is 0 Å². The Labute approximate surface area is 198 Å². The summed E-state index contributed by atoms with van der Waals surface area (Å²) in [7, 11) is 1.54. The van der Waals surface area contributed by atoms with E-state index in [-0.39, 0.29) is 5.91 Å². The molecule has 33 heavy (non-hydrogen) atoms. The minimum atomic E-state index is -0.355. The Morgan fingerprint density at radius 3 is 2.85 bits per heavy atom. The van der Waals surface area contributed by atoms with Gasteiger partial charge in [0.15, 0.2) is 15.6 Å². The molecular weight excluding hydrogens is 462 g/mol. The Kier molecular flexibility index (Phi) is 5.88. The van der Waals surface area contributed by atoms with Crippen molar-refractivity contribution in [3.63, 3.8) is 0 Å². The lowest BCUT2D eigenvalue weighted by atomic mass is 10.0. The van der Waals surface area contributed by atoms with E-state index in [1.54, 1.807) is 19.4 Å². The lowest BCUT2D eigenvalue weighted by Crippen LogP contribution is -2.14. The number of aromatic nitrogens is 5. The van der Waals surface area contributed by atoms with Gasteiger partial charge < -0.3 is 10.1 Å². The summed E-state index contributed by atoms with van der Waals surface area (Å²) in [5.41, 5.74) is 3.85. The first-order valence-corrected chi connectivity index (χ1v) is 11.5. The number of pyridine rings is 2. The third kappa shape index (κ3) is 4.37. The molecule has 9 nitrogen and oxygen atoms in total. The second-order valence-corrected chi connectivity index (χ2v) is 9.03. The molecule has 0 spiro atoms. The quantitative estimate of drug-likeness (QED) is 0.413. The molecule has 1 amide bonds. The molecule has 4 aromatic heterocycles. The number of rotatable bonds is 5. The monoisotopic (exact) mass is 481 g/mol. The zero-order valence-corrected chi connectivity index (χ0v) is 19.5. The van der Waals surface area contributed by atoms with E-state index in [0.29, 0.717) is 49.1 Å². The largest absolute Gasteiger partial charge is 0.494 e. The average molecular weight is 482 g/mol. The molecule has 1 aliphatic heterocycles. The fourth-order valence-electron chi connectivity index (χ4n) is 3.81.